The summed E-state index contributed by atoms with van der Waals surface area (Å²) in [4.78, 5) is 21.5. The van der Waals surface area contributed by atoms with Crippen LogP contribution in [0.5, 0.6) is 11.5 Å². The number of fused-ring (bicyclic) bond motifs is 1. The number of hydrogen-bond donors (Lipinski definition) is 0. The Morgan fingerprint density at radius 1 is 1.19 bits per heavy atom. The van der Waals surface area contributed by atoms with Crippen LogP contribution in [0.1, 0.15) is 5.56 Å². The van der Waals surface area contributed by atoms with E-state index in [1.54, 1.807) is 13.3 Å². The fourth-order valence-electron chi connectivity index (χ4n) is 3.59. The molecule has 1 atom stereocenters. The summed E-state index contributed by atoms with van der Waals surface area (Å²) in [5, 5.41) is 0. The number of amides is 1. The summed E-state index contributed by atoms with van der Waals surface area (Å²) < 4.78 is 11.1. The maximum atomic E-state index is 12.9. The van der Waals surface area contributed by atoms with Gasteiger partial charge in [0.05, 0.1) is 13.0 Å². The molecule has 0 N–H and O–H groups in total. The number of rotatable bonds is 3. The monoisotopic (exact) mass is 353 g/mol. The molecule has 2 aliphatic heterocycles. The summed E-state index contributed by atoms with van der Waals surface area (Å²) >= 11 is 0. The highest BCUT2D eigenvalue weighted by Gasteiger charge is 2.31. The van der Waals surface area contributed by atoms with Gasteiger partial charge >= 0.3 is 0 Å². The van der Waals surface area contributed by atoms with Crippen molar-refractivity contribution in [2.45, 2.75) is 6.42 Å². The molecular formula is C20H23N3O3. The molecule has 1 saturated heterocycles. The van der Waals surface area contributed by atoms with Gasteiger partial charge in [0.25, 0.3) is 0 Å². The van der Waals surface area contributed by atoms with E-state index in [2.05, 4.69) is 9.88 Å². The molecule has 1 aromatic heterocycles. The van der Waals surface area contributed by atoms with Gasteiger partial charge in [0.1, 0.15) is 23.9 Å². The van der Waals surface area contributed by atoms with Crippen LogP contribution < -0.4 is 14.4 Å². The molecule has 0 spiro atoms. The van der Waals surface area contributed by atoms with E-state index in [1.807, 2.05) is 41.3 Å². The minimum Gasteiger partial charge on any atom is -0.497 e. The number of benzene rings is 1. The molecule has 6 nitrogen and oxygen atoms in total. The summed E-state index contributed by atoms with van der Waals surface area (Å²) in [5.74, 6) is 2.65. The molecule has 0 saturated carbocycles. The zero-order valence-electron chi connectivity index (χ0n) is 14.9. The SMILES string of the molecule is COc1ccc2c(c1)OC[C@@H](C(=O)N1CCN(c3ccccn3)CC1)C2. The highest BCUT2D eigenvalue weighted by Crippen LogP contribution is 2.31. The van der Waals surface area contributed by atoms with Crippen LogP contribution in [0.4, 0.5) is 5.82 Å². The lowest BCUT2D eigenvalue weighted by molar-refractivity contribution is -0.137. The Bertz CT molecular complexity index is 773. The van der Waals surface area contributed by atoms with E-state index in [0.29, 0.717) is 6.61 Å². The minimum atomic E-state index is -0.114. The number of pyridine rings is 1. The third-order valence-electron chi connectivity index (χ3n) is 5.09. The summed E-state index contributed by atoms with van der Waals surface area (Å²) in [6.45, 7) is 3.50. The van der Waals surface area contributed by atoms with Crippen molar-refractivity contribution in [3.05, 3.63) is 48.2 Å². The second kappa shape index (κ2) is 7.23. The Morgan fingerprint density at radius 3 is 2.77 bits per heavy atom. The predicted octanol–water partition coefficient (Wildman–Crippen LogP) is 1.99. The molecular weight excluding hydrogens is 330 g/mol. The standard InChI is InChI=1S/C20H23N3O3/c1-25-17-6-5-15-12-16(14-26-18(15)13-17)20(24)23-10-8-22(9-11-23)19-4-2-3-7-21-19/h2-7,13,16H,8-12,14H2,1H3/t16-/m0/s1. The molecule has 2 aromatic rings. The third-order valence-corrected chi connectivity index (χ3v) is 5.09. The summed E-state index contributed by atoms with van der Waals surface area (Å²) in [5.41, 5.74) is 1.07. The highest BCUT2D eigenvalue weighted by atomic mass is 16.5. The predicted molar refractivity (Wildman–Crippen MR) is 98.7 cm³/mol. The average Bonchev–Trinajstić information content (AvgIpc) is 2.73. The van der Waals surface area contributed by atoms with Crippen LogP contribution in [0, 0.1) is 5.92 Å². The smallest absolute Gasteiger partial charge is 0.229 e. The number of methoxy groups -OCH3 is 1. The number of ether oxygens (including phenoxy) is 2. The number of hydrogen-bond acceptors (Lipinski definition) is 5. The van der Waals surface area contributed by atoms with E-state index in [0.717, 1.165) is 55.5 Å². The first kappa shape index (κ1) is 16.7. The summed E-state index contributed by atoms with van der Waals surface area (Å²) in [7, 11) is 1.64. The van der Waals surface area contributed by atoms with Gasteiger partial charge in [0.2, 0.25) is 5.91 Å². The maximum Gasteiger partial charge on any atom is 0.229 e. The fourth-order valence-corrected chi connectivity index (χ4v) is 3.59. The molecule has 4 rings (SSSR count). The molecule has 0 unspecified atom stereocenters. The molecule has 2 aliphatic rings. The van der Waals surface area contributed by atoms with Crippen molar-refractivity contribution in [1.29, 1.82) is 0 Å². The van der Waals surface area contributed by atoms with Gasteiger partial charge in [-0.25, -0.2) is 4.98 Å². The van der Waals surface area contributed by atoms with Crippen LogP contribution in [-0.4, -0.2) is 55.7 Å². The molecule has 0 aliphatic carbocycles. The molecule has 6 heteroatoms. The normalized spacial score (nSPS) is 19.5. The first-order chi connectivity index (χ1) is 12.7. The van der Waals surface area contributed by atoms with Gasteiger partial charge in [0.15, 0.2) is 0 Å². The zero-order chi connectivity index (χ0) is 17.9. The van der Waals surface area contributed by atoms with E-state index >= 15 is 0 Å². The third kappa shape index (κ3) is 3.31. The van der Waals surface area contributed by atoms with Crippen molar-refractivity contribution in [3.8, 4) is 11.5 Å². The number of nitrogens with zero attached hydrogens (tertiary/aromatic N) is 3. The van der Waals surface area contributed by atoms with Crippen LogP contribution in [0.2, 0.25) is 0 Å². The molecule has 0 bridgehead atoms. The second-order valence-electron chi connectivity index (χ2n) is 6.69. The van der Waals surface area contributed by atoms with Gasteiger partial charge in [-0.1, -0.05) is 12.1 Å². The van der Waals surface area contributed by atoms with Gasteiger partial charge in [-0.15, -0.1) is 0 Å². The van der Waals surface area contributed by atoms with Gasteiger partial charge < -0.3 is 19.3 Å². The number of anilines is 1. The first-order valence-electron chi connectivity index (χ1n) is 8.99. The molecule has 1 fully saturated rings. The number of carbonyl (C=O) groups is 1. The Kier molecular flexibility index (Phi) is 4.65. The number of carbonyl (C=O) groups excluding carboxylic acids is 1. The first-order valence-corrected chi connectivity index (χ1v) is 8.99. The molecule has 0 radical (unpaired) electrons. The van der Waals surface area contributed by atoms with Crippen molar-refractivity contribution in [2.24, 2.45) is 5.92 Å². The van der Waals surface area contributed by atoms with E-state index in [1.165, 1.54) is 0 Å². The fraction of sp³-hybridized carbons (Fsp3) is 0.400. The van der Waals surface area contributed by atoms with Crippen LogP contribution in [0.25, 0.3) is 0 Å². The Morgan fingerprint density at radius 2 is 2.04 bits per heavy atom. The van der Waals surface area contributed by atoms with Crippen LogP contribution >= 0.6 is 0 Å². The van der Waals surface area contributed by atoms with Crippen molar-refractivity contribution in [3.63, 3.8) is 0 Å². The highest BCUT2D eigenvalue weighted by molar-refractivity contribution is 5.80. The topological polar surface area (TPSA) is 54.9 Å². The lowest BCUT2D eigenvalue weighted by atomic mass is 9.95. The molecule has 3 heterocycles. The number of aromatic nitrogens is 1. The molecule has 1 amide bonds. The summed E-state index contributed by atoms with van der Waals surface area (Å²) in [6.07, 6.45) is 2.53. The van der Waals surface area contributed by atoms with E-state index in [-0.39, 0.29) is 11.8 Å². The maximum absolute atomic E-state index is 12.9. The van der Waals surface area contributed by atoms with Gasteiger partial charge in [-0.05, 0) is 30.2 Å². The van der Waals surface area contributed by atoms with Gasteiger partial charge in [-0.3, -0.25) is 4.79 Å². The average molecular weight is 353 g/mol. The molecule has 1 aromatic carbocycles. The van der Waals surface area contributed by atoms with E-state index in [4.69, 9.17) is 9.47 Å². The van der Waals surface area contributed by atoms with Crippen molar-refractivity contribution >= 4 is 11.7 Å². The Hall–Kier alpha value is -2.76. The van der Waals surface area contributed by atoms with Gasteiger partial charge in [0, 0.05) is 38.4 Å². The molecule has 26 heavy (non-hydrogen) atoms. The van der Waals surface area contributed by atoms with Crippen LogP contribution in [-0.2, 0) is 11.2 Å². The second-order valence-corrected chi connectivity index (χ2v) is 6.69. The van der Waals surface area contributed by atoms with Crippen molar-refractivity contribution in [2.75, 3.05) is 44.8 Å². The van der Waals surface area contributed by atoms with Crippen LogP contribution in [0.15, 0.2) is 42.6 Å². The van der Waals surface area contributed by atoms with Gasteiger partial charge in [-0.2, -0.15) is 0 Å². The molecule has 136 valence electrons. The lowest BCUT2D eigenvalue weighted by Gasteiger charge is -2.37. The quantitative estimate of drug-likeness (QED) is 0.845. The zero-order valence-corrected chi connectivity index (χ0v) is 14.9. The summed E-state index contributed by atoms with van der Waals surface area (Å²) in [6, 6.07) is 11.7. The van der Waals surface area contributed by atoms with E-state index in [9.17, 15) is 4.79 Å². The minimum absolute atomic E-state index is 0.114. The Balaban J connectivity index is 1.37. The van der Waals surface area contributed by atoms with Crippen molar-refractivity contribution < 1.29 is 14.3 Å². The van der Waals surface area contributed by atoms with Crippen molar-refractivity contribution in [1.82, 2.24) is 9.88 Å². The lowest BCUT2D eigenvalue weighted by Crippen LogP contribution is -2.51. The van der Waals surface area contributed by atoms with E-state index < -0.39 is 0 Å². The largest absolute Gasteiger partial charge is 0.497 e. The Labute approximate surface area is 153 Å². The number of piperazine rings is 1. The van der Waals surface area contributed by atoms with Crippen LogP contribution in [0.3, 0.4) is 0 Å².